The zero-order valence-electron chi connectivity index (χ0n) is 9.69. The molecule has 0 bridgehead atoms. The third-order valence-corrected chi connectivity index (χ3v) is 6.14. The lowest BCUT2D eigenvalue weighted by atomic mass is 10.1. The molecule has 2 heterocycles. The summed E-state index contributed by atoms with van der Waals surface area (Å²) in [7, 11) is -2.97. The van der Waals surface area contributed by atoms with E-state index in [0.717, 1.165) is 8.66 Å². The number of carbonyl (C=O) groups is 1. The highest BCUT2D eigenvalue weighted by molar-refractivity contribution is 9.11. The summed E-state index contributed by atoms with van der Waals surface area (Å²) >= 11 is 4.89. The predicted molar refractivity (Wildman–Crippen MR) is 75.8 cm³/mol. The quantitative estimate of drug-likeness (QED) is 0.890. The topological polar surface area (TPSA) is 63.2 Å². The van der Waals surface area contributed by atoms with Crippen LogP contribution in [-0.4, -0.2) is 38.3 Å². The maximum Gasteiger partial charge on any atom is 0.153 e. The number of hydrogen-bond acceptors (Lipinski definition) is 5. The lowest BCUT2D eigenvalue weighted by molar-refractivity contribution is -0.118. The van der Waals surface area contributed by atoms with E-state index in [9.17, 15) is 13.2 Å². The molecule has 7 heteroatoms. The van der Waals surface area contributed by atoms with Crippen molar-refractivity contribution in [3.63, 3.8) is 0 Å². The number of thiophene rings is 1. The Morgan fingerprint density at radius 1 is 1.50 bits per heavy atom. The fourth-order valence-corrected chi connectivity index (χ4v) is 4.94. The molecule has 0 aromatic carbocycles. The van der Waals surface area contributed by atoms with Crippen LogP contribution in [-0.2, 0) is 21.1 Å². The molecule has 1 aliphatic rings. The van der Waals surface area contributed by atoms with E-state index >= 15 is 0 Å². The van der Waals surface area contributed by atoms with Crippen molar-refractivity contribution in [2.24, 2.45) is 0 Å². The smallest absolute Gasteiger partial charge is 0.153 e. The lowest BCUT2D eigenvalue weighted by Gasteiger charge is -2.22. The van der Waals surface area contributed by atoms with Crippen LogP contribution in [0.15, 0.2) is 15.9 Å². The second kappa shape index (κ2) is 5.81. The minimum absolute atomic E-state index is 0.0763. The van der Waals surface area contributed by atoms with Gasteiger partial charge >= 0.3 is 0 Å². The first-order valence-corrected chi connectivity index (χ1v) is 9.07. The molecule has 1 aliphatic heterocycles. The summed E-state index contributed by atoms with van der Waals surface area (Å²) < 4.78 is 23.9. The van der Waals surface area contributed by atoms with Crippen LogP contribution in [0.25, 0.3) is 0 Å². The first kappa shape index (κ1) is 14.2. The van der Waals surface area contributed by atoms with Gasteiger partial charge in [-0.2, -0.15) is 0 Å². The minimum Gasteiger partial charge on any atom is -0.312 e. The lowest BCUT2D eigenvalue weighted by Crippen LogP contribution is -2.46. The molecule has 0 amide bonds. The Labute approximate surface area is 119 Å². The monoisotopic (exact) mass is 351 g/mol. The number of halogens is 1. The van der Waals surface area contributed by atoms with Gasteiger partial charge in [0.05, 0.1) is 15.3 Å². The van der Waals surface area contributed by atoms with Crippen molar-refractivity contribution >= 4 is 42.9 Å². The molecule has 4 nitrogen and oxygen atoms in total. The molecule has 1 fully saturated rings. The number of rotatable bonds is 4. The van der Waals surface area contributed by atoms with E-state index in [-0.39, 0.29) is 29.8 Å². The summed E-state index contributed by atoms with van der Waals surface area (Å²) in [5.74, 6) is 0.335. The first-order valence-electron chi connectivity index (χ1n) is 5.64. The summed E-state index contributed by atoms with van der Waals surface area (Å²) in [4.78, 5) is 12.9. The maximum atomic E-state index is 11.9. The van der Waals surface area contributed by atoms with E-state index in [4.69, 9.17) is 0 Å². The Morgan fingerprint density at radius 3 is 2.89 bits per heavy atom. The first-order chi connectivity index (χ1) is 8.44. The van der Waals surface area contributed by atoms with Gasteiger partial charge in [-0.05, 0) is 28.1 Å². The van der Waals surface area contributed by atoms with Gasteiger partial charge in [-0.15, -0.1) is 11.3 Å². The van der Waals surface area contributed by atoms with E-state index in [0.29, 0.717) is 13.0 Å². The fourth-order valence-electron chi connectivity index (χ4n) is 1.99. The Kier molecular flexibility index (Phi) is 4.58. The Morgan fingerprint density at radius 2 is 2.28 bits per heavy atom. The second-order valence-corrected chi connectivity index (χ2v) is 9.17. The van der Waals surface area contributed by atoms with Gasteiger partial charge in [0.15, 0.2) is 9.84 Å². The molecule has 1 atom stereocenters. The number of ketones is 1. The minimum atomic E-state index is -2.97. The van der Waals surface area contributed by atoms with Gasteiger partial charge in [-0.1, -0.05) is 0 Å². The maximum absolute atomic E-state index is 11.9. The van der Waals surface area contributed by atoms with Crippen molar-refractivity contribution in [1.29, 1.82) is 0 Å². The molecule has 18 heavy (non-hydrogen) atoms. The molecule has 1 aromatic heterocycles. The van der Waals surface area contributed by atoms with Crippen LogP contribution in [0.3, 0.4) is 0 Å². The zero-order valence-corrected chi connectivity index (χ0v) is 12.9. The van der Waals surface area contributed by atoms with Crippen molar-refractivity contribution in [3.05, 3.63) is 20.8 Å². The summed E-state index contributed by atoms with van der Waals surface area (Å²) in [6.07, 6.45) is 0.670. The Balaban J connectivity index is 1.88. The number of hydrogen-bond donors (Lipinski definition) is 1. The molecule has 1 unspecified atom stereocenters. The molecule has 2 rings (SSSR count). The van der Waals surface area contributed by atoms with E-state index < -0.39 is 9.84 Å². The van der Waals surface area contributed by atoms with Crippen LogP contribution in [0.2, 0.25) is 0 Å². The number of sulfone groups is 1. The van der Waals surface area contributed by atoms with Crippen LogP contribution < -0.4 is 5.32 Å². The average molecular weight is 352 g/mol. The molecule has 0 aliphatic carbocycles. The molecule has 1 N–H and O–H groups in total. The average Bonchev–Trinajstić information content (AvgIpc) is 2.62. The summed E-state index contributed by atoms with van der Waals surface area (Å²) in [5.41, 5.74) is 0. The number of Topliss-reactive ketones (excluding diaryl/α,β-unsaturated/α-hetero) is 1. The van der Waals surface area contributed by atoms with Crippen LogP contribution in [0.4, 0.5) is 0 Å². The van der Waals surface area contributed by atoms with Gasteiger partial charge in [0.2, 0.25) is 0 Å². The molecule has 0 spiro atoms. The normalized spacial score (nSPS) is 22.8. The van der Waals surface area contributed by atoms with Gasteiger partial charge < -0.3 is 5.32 Å². The molecule has 1 saturated heterocycles. The fraction of sp³-hybridized carbons (Fsp3) is 0.545. The standard InChI is InChI=1S/C11H14BrNO3S2/c12-11-2-1-10(17-11)6-9(14)5-8-7-18(15,16)4-3-13-8/h1-2,8,13H,3-7H2. The van der Waals surface area contributed by atoms with Crippen LogP contribution >= 0.6 is 27.3 Å². The van der Waals surface area contributed by atoms with Crippen molar-refractivity contribution < 1.29 is 13.2 Å². The zero-order chi connectivity index (χ0) is 13.2. The molecule has 1 aromatic rings. The third kappa shape index (κ3) is 4.15. The van der Waals surface area contributed by atoms with Crippen molar-refractivity contribution in [2.75, 3.05) is 18.1 Å². The van der Waals surface area contributed by atoms with Crippen LogP contribution in [0.5, 0.6) is 0 Å². The Hall–Kier alpha value is -0.240. The van der Waals surface area contributed by atoms with Crippen molar-refractivity contribution in [1.82, 2.24) is 5.32 Å². The van der Waals surface area contributed by atoms with Gasteiger partial charge in [-0.25, -0.2) is 8.42 Å². The van der Waals surface area contributed by atoms with Crippen LogP contribution in [0, 0.1) is 0 Å². The van der Waals surface area contributed by atoms with E-state index in [1.165, 1.54) is 11.3 Å². The van der Waals surface area contributed by atoms with E-state index in [2.05, 4.69) is 21.2 Å². The van der Waals surface area contributed by atoms with Gasteiger partial charge in [0, 0.05) is 30.3 Å². The summed E-state index contributed by atoms with van der Waals surface area (Å²) in [6.45, 7) is 0.449. The van der Waals surface area contributed by atoms with Crippen molar-refractivity contribution in [2.45, 2.75) is 18.9 Å². The highest BCUT2D eigenvalue weighted by Gasteiger charge is 2.25. The SMILES string of the molecule is O=C(Cc1ccc(Br)s1)CC1CS(=O)(=O)CCN1. The highest BCUT2D eigenvalue weighted by Crippen LogP contribution is 2.23. The van der Waals surface area contributed by atoms with Crippen molar-refractivity contribution in [3.8, 4) is 0 Å². The predicted octanol–water partition coefficient (Wildman–Crippen LogP) is 1.40. The van der Waals surface area contributed by atoms with Crippen LogP contribution in [0.1, 0.15) is 11.3 Å². The number of nitrogens with one attached hydrogen (secondary N) is 1. The Bertz CT molecular complexity index is 538. The van der Waals surface area contributed by atoms with Gasteiger partial charge in [-0.3, -0.25) is 4.79 Å². The summed E-state index contributed by atoms with van der Waals surface area (Å²) in [6, 6.07) is 3.61. The molecule has 0 radical (unpaired) electrons. The number of carbonyl (C=O) groups excluding carboxylic acids is 1. The largest absolute Gasteiger partial charge is 0.312 e. The van der Waals surface area contributed by atoms with Gasteiger partial charge in [0.1, 0.15) is 5.78 Å². The van der Waals surface area contributed by atoms with Gasteiger partial charge in [0.25, 0.3) is 0 Å². The summed E-state index contributed by atoms with van der Waals surface area (Å²) in [5, 5.41) is 3.09. The molecular weight excluding hydrogens is 338 g/mol. The molecular formula is C11H14BrNO3S2. The molecule has 100 valence electrons. The molecule has 0 saturated carbocycles. The highest BCUT2D eigenvalue weighted by atomic mass is 79.9. The van der Waals surface area contributed by atoms with E-state index in [1.54, 1.807) is 0 Å². The third-order valence-electron chi connectivity index (χ3n) is 2.78. The second-order valence-electron chi connectivity index (χ2n) is 4.39. The van der Waals surface area contributed by atoms with E-state index in [1.807, 2.05) is 12.1 Å².